The average molecular weight is 341 g/mol. The number of aryl methyl sites for hydroxylation is 2. The summed E-state index contributed by atoms with van der Waals surface area (Å²) in [5.74, 6) is 0.326. The Hall–Kier alpha value is -1.25. The van der Waals surface area contributed by atoms with Gasteiger partial charge < -0.3 is 4.42 Å². The summed E-state index contributed by atoms with van der Waals surface area (Å²) in [4.78, 5) is 9.65. The van der Waals surface area contributed by atoms with E-state index in [1.54, 1.807) is 18.3 Å². The van der Waals surface area contributed by atoms with Crippen LogP contribution in [0.15, 0.2) is 15.7 Å². The molecule has 0 bridgehead atoms. The number of fused-ring (bicyclic) bond motifs is 1. The number of hydrogen-bond donors (Lipinski definition) is 1. The van der Waals surface area contributed by atoms with Crippen molar-refractivity contribution >= 4 is 21.4 Å². The molecule has 0 aromatic carbocycles. The molecule has 0 radical (unpaired) electrons. The molecular formula is C14H19N3O3S2. The molecule has 1 aliphatic rings. The zero-order chi connectivity index (χ0) is 16.0. The molecule has 2 aromatic heterocycles. The highest BCUT2D eigenvalue weighted by atomic mass is 32.2. The fraction of sp³-hybridized carbons (Fsp3) is 0.571. The van der Waals surface area contributed by atoms with Gasteiger partial charge in [0, 0.05) is 11.8 Å². The molecule has 1 aliphatic carbocycles. The summed E-state index contributed by atoms with van der Waals surface area (Å²) in [5, 5.41) is 0.634. The highest BCUT2D eigenvalue weighted by Crippen LogP contribution is 2.37. The van der Waals surface area contributed by atoms with Gasteiger partial charge in [-0.1, -0.05) is 13.8 Å². The molecule has 0 aliphatic heterocycles. The van der Waals surface area contributed by atoms with Crippen LogP contribution < -0.4 is 4.72 Å². The molecule has 0 fully saturated rings. The number of nitrogens with one attached hydrogen (secondary N) is 1. The maximum Gasteiger partial charge on any atom is 0.276 e. The zero-order valence-corrected chi connectivity index (χ0v) is 14.5. The van der Waals surface area contributed by atoms with E-state index < -0.39 is 10.0 Å². The molecule has 2 aromatic rings. The van der Waals surface area contributed by atoms with Gasteiger partial charge in [0.1, 0.15) is 5.01 Å². The van der Waals surface area contributed by atoms with Crippen molar-refractivity contribution in [1.29, 1.82) is 0 Å². The van der Waals surface area contributed by atoms with E-state index in [0.717, 1.165) is 30.0 Å². The van der Waals surface area contributed by atoms with Crippen LogP contribution in [0.4, 0.5) is 0 Å². The lowest BCUT2D eigenvalue weighted by atomic mass is 9.79. The highest BCUT2D eigenvalue weighted by molar-refractivity contribution is 7.89. The van der Waals surface area contributed by atoms with Gasteiger partial charge in [-0.25, -0.2) is 23.1 Å². The van der Waals surface area contributed by atoms with Crippen molar-refractivity contribution in [3.8, 4) is 0 Å². The molecule has 22 heavy (non-hydrogen) atoms. The Labute approximate surface area is 134 Å². The number of aromatic nitrogens is 2. The lowest BCUT2D eigenvalue weighted by molar-refractivity contribution is 0.316. The second-order valence-corrected chi connectivity index (χ2v) is 9.21. The normalized spacial score (nSPS) is 17.4. The van der Waals surface area contributed by atoms with Gasteiger partial charge in [0.25, 0.3) is 15.1 Å². The first-order valence-electron chi connectivity index (χ1n) is 7.15. The summed E-state index contributed by atoms with van der Waals surface area (Å²) in [5.41, 5.74) is 1.42. The Morgan fingerprint density at radius 2 is 2.23 bits per heavy atom. The number of sulfonamides is 1. The van der Waals surface area contributed by atoms with Gasteiger partial charge in [-0.15, -0.1) is 11.3 Å². The minimum atomic E-state index is -3.67. The summed E-state index contributed by atoms with van der Waals surface area (Å²) in [6, 6.07) is 0. The Morgan fingerprint density at radius 1 is 1.45 bits per heavy atom. The van der Waals surface area contributed by atoms with E-state index in [-0.39, 0.29) is 11.6 Å². The lowest BCUT2D eigenvalue weighted by Gasteiger charge is -2.28. The first-order valence-corrected chi connectivity index (χ1v) is 9.45. The number of nitrogens with zero attached hydrogens (tertiary/aromatic N) is 2. The second-order valence-electron chi connectivity index (χ2n) is 6.34. The Balaban J connectivity index is 1.71. The third-order valence-corrected chi connectivity index (χ3v) is 6.12. The van der Waals surface area contributed by atoms with Gasteiger partial charge in [0.05, 0.1) is 18.4 Å². The molecule has 0 unspecified atom stereocenters. The summed E-state index contributed by atoms with van der Waals surface area (Å²) >= 11 is 1.59. The van der Waals surface area contributed by atoms with Gasteiger partial charge in [-0.2, -0.15) is 0 Å². The molecule has 0 atom stereocenters. The number of hydrogen-bond acceptors (Lipinski definition) is 6. The van der Waals surface area contributed by atoms with Crippen molar-refractivity contribution in [2.24, 2.45) is 5.41 Å². The van der Waals surface area contributed by atoms with Crippen LogP contribution in [0.3, 0.4) is 0 Å². The summed E-state index contributed by atoms with van der Waals surface area (Å²) < 4.78 is 31.8. The van der Waals surface area contributed by atoms with Crippen LogP contribution in [0.2, 0.25) is 0 Å². The van der Waals surface area contributed by atoms with Crippen molar-refractivity contribution in [1.82, 2.24) is 14.7 Å². The molecular weight excluding hydrogens is 322 g/mol. The molecule has 1 N–H and O–H groups in total. The molecule has 0 saturated heterocycles. The minimum absolute atomic E-state index is 0.160. The predicted octanol–water partition coefficient (Wildman–Crippen LogP) is 2.43. The first kappa shape index (κ1) is 15.6. The van der Waals surface area contributed by atoms with Crippen molar-refractivity contribution in [3.05, 3.63) is 27.7 Å². The average Bonchev–Trinajstić information content (AvgIpc) is 3.01. The van der Waals surface area contributed by atoms with E-state index in [1.807, 2.05) is 0 Å². The standard InChI is InChI=1S/C14H19N3O3S2/c1-9-15-8-13(20-9)22(18,19)16-7-12-17-10-4-5-14(2,3)6-11(10)21-12/h8,16H,4-7H2,1-3H3. The monoisotopic (exact) mass is 341 g/mol. The topological polar surface area (TPSA) is 85.1 Å². The molecule has 0 saturated carbocycles. The largest absolute Gasteiger partial charge is 0.428 e. The number of thiazole rings is 1. The van der Waals surface area contributed by atoms with Crippen LogP contribution in [0.1, 0.15) is 41.7 Å². The van der Waals surface area contributed by atoms with Crippen molar-refractivity contribution in [2.75, 3.05) is 0 Å². The van der Waals surface area contributed by atoms with Crippen LogP contribution >= 0.6 is 11.3 Å². The van der Waals surface area contributed by atoms with E-state index in [0.29, 0.717) is 11.3 Å². The van der Waals surface area contributed by atoms with E-state index in [2.05, 4.69) is 28.5 Å². The van der Waals surface area contributed by atoms with Gasteiger partial charge in [0.2, 0.25) is 0 Å². The van der Waals surface area contributed by atoms with Crippen LogP contribution in [0, 0.1) is 12.3 Å². The van der Waals surface area contributed by atoms with E-state index >= 15 is 0 Å². The molecule has 0 spiro atoms. The van der Waals surface area contributed by atoms with Crippen LogP contribution in [-0.4, -0.2) is 18.4 Å². The minimum Gasteiger partial charge on any atom is -0.428 e. The summed E-state index contributed by atoms with van der Waals surface area (Å²) in [7, 11) is -3.67. The Kier molecular flexibility index (Phi) is 3.86. The van der Waals surface area contributed by atoms with E-state index in [4.69, 9.17) is 4.42 Å². The molecule has 0 amide bonds. The third-order valence-electron chi connectivity index (χ3n) is 3.78. The summed E-state index contributed by atoms with van der Waals surface area (Å²) in [6.45, 7) is 6.30. The number of oxazole rings is 1. The van der Waals surface area contributed by atoms with Crippen LogP contribution in [0.25, 0.3) is 0 Å². The van der Waals surface area contributed by atoms with Gasteiger partial charge in [-0.05, 0) is 24.7 Å². The maximum atomic E-state index is 12.1. The molecule has 6 nitrogen and oxygen atoms in total. The van der Waals surface area contributed by atoms with Gasteiger partial charge >= 0.3 is 0 Å². The fourth-order valence-corrected chi connectivity index (χ4v) is 4.81. The van der Waals surface area contributed by atoms with Crippen molar-refractivity contribution in [3.63, 3.8) is 0 Å². The summed E-state index contributed by atoms with van der Waals surface area (Å²) in [6.07, 6.45) is 4.31. The molecule has 2 heterocycles. The quantitative estimate of drug-likeness (QED) is 0.923. The smallest absolute Gasteiger partial charge is 0.276 e. The van der Waals surface area contributed by atoms with E-state index in [1.165, 1.54) is 11.1 Å². The fourth-order valence-electron chi connectivity index (χ4n) is 2.52. The lowest BCUT2D eigenvalue weighted by Crippen LogP contribution is -2.22. The Bertz CT molecular complexity index is 790. The SMILES string of the molecule is Cc1ncc(S(=O)(=O)NCc2nc3c(s2)CC(C)(C)CC3)o1. The van der Waals surface area contributed by atoms with Gasteiger partial charge in [0.15, 0.2) is 5.89 Å². The van der Waals surface area contributed by atoms with Crippen molar-refractivity contribution in [2.45, 2.75) is 51.7 Å². The van der Waals surface area contributed by atoms with Crippen LogP contribution in [0.5, 0.6) is 0 Å². The first-order chi connectivity index (χ1) is 10.3. The zero-order valence-electron chi connectivity index (χ0n) is 12.8. The second kappa shape index (κ2) is 5.43. The highest BCUT2D eigenvalue weighted by Gasteiger charge is 2.28. The third kappa shape index (κ3) is 3.23. The molecule has 8 heteroatoms. The van der Waals surface area contributed by atoms with E-state index in [9.17, 15) is 8.42 Å². The molecule has 3 rings (SSSR count). The predicted molar refractivity (Wildman–Crippen MR) is 83.2 cm³/mol. The van der Waals surface area contributed by atoms with Crippen LogP contribution in [-0.2, 0) is 29.4 Å². The molecule has 120 valence electrons. The number of rotatable bonds is 4. The van der Waals surface area contributed by atoms with Gasteiger partial charge in [-0.3, -0.25) is 0 Å². The Morgan fingerprint density at radius 3 is 2.91 bits per heavy atom. The van der Waals surface area contributed by atoms with Crippen molar-refractivity contribution < 1.29 is 12.8 Å². The maximum absolute atomic E-state index is 12.1.